The average Bonchev–Trinajstić information content (AvgIpc) is 2.95. The lowest BCUT2D eigenvalue weighted by atomic mass is 9.85. The Hall–Kier alpha value is -3.82. The van der Waals surface area contributed by atoms with Crippen molar-refractivity contribution in [2.45, 2.75) is 44.0 Å². The lowest BCUT2D eigenvalue weighted by Gasteiger charge is -2.24. The lowest BCUT2D eigenvalue weighted by Crippen LogP contribution is -2.49. The molecule has 0 bridgehead atoms. The molecule has 3 rings (SSSR count). The molecule has 9 heteroatoms. The van der Waals surface area contributed by atoms with Crippen LogP contribution in [0.25, 0.3) is 0 Å². The third-order valence-electron chi connectivity index (χ3n) is 6.43. The summed E-state index contributed by atoms with van der Waals surface area (Å²) in [7, 11) is -2.53. The number of nitrogens with one attached hydrogen (secondary N) is 2. The molecule has 3 aromatic rings. The van der Waals surface area contributed by atoms with Gasteiger partial charge in [-0.2, -0.15) is 0 Å². The van der Waals surface area contributed by atoms with Crippen molar-refractivity contribution in [2.75, 3.05) is 13.7 Å². The number of amides is 1. The SMILES string of the molecule is COc1ccc(CC(C(=O)C(=O)NCCc2ccccc2)C(=O)C(CC(C)C)NS(=O)(=O)c2ccccc2)cc1. The van der Waals surface area contributed by atoms with Gasteiger partial charge in [-0.1, -0.05) is 74.5 Å². The fourth-order valence-corrected chi connectivity index (χ4v) is 5.56. The molecule has 0 aliphatic carbocycles. The first kappa shape index (κ1) is 30.7. The highest BCUT2D eigenvalue weighted by Crippen LogP contribution is 2.21. The number of sulfonamides is 1. The number of hydrogen-bond donors (Lipinski definition) is 2. The second kappa shape index (κ2) is 14.5. The predicted octanol–water partition coefficient (Wildman–Crippen LogP) is 3.74. The number of ketones is 2. The summed E-state index contributed by atoms with van der Waals surface area (Å²) in [5.74, 6) is -3.27. The summed E-state index contributed by atoms with van der Waals surface area (Å²) in [5, 5.41) is 2.62. The molecule has 212 valence electrons. The normalized spacial score (nSPS) is 12.9. The molecular formula is C31H36N2O6S. The van der Waals surface area contributed by atoms with Gasteiger partial charge in [-0.3, -0.25) is 14.4 Å². The maximum absolute atomic E-state index is 13.9. The molecule has 0 spiro atoms. The molecule has 8 nitrogen and oxygen atoms in total. The molecule has 0 aromatic heterocycles. The summed E-state index contributed by atoms with van der Waals surface area (Å²) in [6.07, 6.45) is 0.617. The first-order valence-corrected chi connectivity index (χ1v) is 14.7. The fourth-order valence-electron chi connectivity index (χ4n) is 4.32. The molecule has 0 radical (unpaired) electrons. The summed E-state index contributed by atoms with van der Waals surface area (Å²) >= 11 is 0. The van der Waals surface area contributed by atoms with E-state index in [1.54, 1.807) is 42.5 Å². The van der Waals surface area contributed by atoms with Crippen LogP contribution in [-0.4, -0.2) is 45.6 Å². The highest BCUT2D eigenvalue weighted by Gasteiger charge is 2.38. The highest BCUT2D eigenvalue weighted by molar-refractivity contribution is 7.89. The number of carbonyl (C=O) groups is 3. The van der Waals surface area contributed by atoms with Crippen LogP contribution in [0, 0.1) is 11.8 Å². The van der Waals surface area contributed by atoms with Gasteiger partial charge in [0.15, 0.2) is 5.78 Å². The van der Waals surface area contributed by atoms with Crippen LogP contribution in [0.2, 0.25) is 0 Å². The quantitative estimate of drug-likeness (QED) is 0.214. The zero-order valence-electron chi connectivity index (χ0n) is 23.0. The second-order valence-corrected chi connectivity index (χ2v) is 11.7. The topological polar surface area (TPSA) is 119 Å². The van der Waals surface area contributed by atoms with Crippen molar-refractivity contribution in [2.24, 2.45) is 11.8 Å². The van der Waals surface area contributed by atoms with Crippen LogP contribution in [0.1, 0.15) is 31.4 Å². The summed E-state index contributed by atoms with van der Waals surface area (Å²) in [6, 6.07) is 22.8. The standard InChI is InChI=1S/C31H36N2O6S/c1-22(2)20-28(33-40(37,38)26-12-8-5-9-13-26)29(34)27(21-24-14-16-25(39-3)17-15-24)30(35)31(36)32-19-18-23-10-6-4-7-11-23/h4-17,22,27-28,33H,18-21H2,1-3H3,(H,32,36). The number of Topliss-reactive ketones (excluding diaryl/α,β-unsaturated/α-hetero) is 2. The molecular weight excluding hydrogens is 528 g/mol. The summed E-state index contributed by atoms with van der Waals surface area (Å²) < 4.78 is 33.9. The zero-order valence-corrected chi connectivity index (χ0v) is 23.8. The van der Waals surface area contributed by atoms with Crippen molar-refractivity contribution < 1.29 is 27.5 Å². The van der Waals surface area contributed by atoms with E-state index in [1.165, 1.54) is 19.2 Å². The molecule has 1 amide bonds. The molecule has 2 unspecified atom stereocenters. The molecule has 40 heavy (non-hydrogen) atoms. The van der Waals surface area contributed by atoms with Gasteiger partial charge in [-0.25, -0.2) is 13.1 Å². The van der Waals surface area contributed by atoms with E-state index in [0.29, 0.717) is 17.7 Å². The van der Waals surface area contributed by atoms with Gasteiger partial charge in [0.2, 0.25) is 15.8 Å². The average molecular weight is 565 g/mol. The minimum atomic E-state index is -4.06. The van der Waals surface area contributed by atoms with E-state index < -0.39 is 39.5 Å². The molecule has 3 aromatic carbocycles. The maximum atomic E-state index is 13.9. The van der Waals surface area contributed by atoms with E-state index in [1.807, 2.05) is 44.2 Å². The number of methoxy groups -OCH3 is 1. The van der Waals surface area contributed by atoms with Gasteiger partial charge >= 0.3 is 0 Å². The van der Waals surface area contributed by atoms with Crippen LogP contribution in [0.15, 0.2) is 89.8 Å². The molecule has 0 heterocycles. The number of hydrogen-bond acceptors (Lipinski definition) is 6. The van der Waals surface area contributed by atoms with E-state index >= 15 is 0 Å². The second-order valence-electron chi connectivity index (χ2n) is 9.98. The summed E-state index contributed by atoms with van der Waals surface area (Å²) in [5.41, 5.74) is 1.63. The number of carbonyl (C=O) groups excluding carboxylic acids is 3. The number of benzene rings is 3. The molecule has 0 fully saturated rings. The van der Waals surface area contributed by atoms with Crippen molar-refractivity contribution in [3.8, 4) is 5.75 Å². The minimum Gasteiger partial charge on any atom is -0.497 e. The Morgan fingerprint density at radius 3 is 2.00 bits per heavy atom. The Balaban J connectivity index is 1.86. The van der Waals surface area contributed by atoms with Gasteiger partial charge in [0.05, 0.1) is 24.0 Å². The Kier molecular flexibility index (Phi) is 11.2. The van der Waals surface area contributed by atoms with Gasteiger partial charge in [-0.05, 0) is 60.6 Å². The lowest BCUT2D eigenvalue weighted by molar-refractivity contribution is -0.144. The van der Waals surface area contributed by atoms with Crippen molar-refractivity contribution >= 4 is 27.5 Å². The predicted molar refractivity (Wildman–Crippen MR) is 153 cm³/mol. The van der Waals surface area contributed by atoms with Crippen LogP contribution >= 0.6 is 0 Å². The molecule has 0 aliphatic heterocycles. The Morgan fingerprint density at radius 1 is 0.825 bits per heavy atom. The first-order chi connectivity index (χ1) is 19.1. The third kappa shape index (κ3) is 8.86. The fraction of sp³-hybridized carbons (Fsp3) is 0.323. The Labute approximate surface area is 236 Å². The van der Waals surface area contributed by atoms with Gasteiger partial charge < -0.3 is 10.1 Å². The van der Waals surface area contributed by atoms with Gasteiger partial charge in [0.25, 0.3) is 5.91 Å². The van der Waals surface area contributed by atoms with Crippen LogP contribution in [0.3, 0.4) is 0 Å². The van der Waals surface area contributed by atoms with E-state index in [0.717, 1.165) is 5.56 Å². The molecule has 2 atom stereocenters. The van der Waals surface area contributed by atoms with Gasteiger partial charge in [0, 0.05) is 6.54 Å². The van der Waals surface area contributed by atoms with E-state index in [4.69, 9.17) is 4.74 Å². The van der Waals surface area contributed by atoms with E-state index in [2.05, 4.69) is 10.0 Å². The van der Waals surface area contributed by atoms with E-state index in [9.17, 15) is 22.8 Å². The molecule has 0 saturated carbocycles. The molecule has 2 N–H and O–H groups in total. The third-order valence-corrected chi connectivity index (χ3v) is 7.91. The number of ether oxygens (including phenoxy) is 1. The molecule has 0 saturated heterocycles. The number of rotatable bonds is 15. The van der Waals surface area contributed by atoms with Crippen LogP contribution in [0.5, 0.6) is 5.75 Å². The van der Waals surface area contributed by atoms with E-state index in [-0.39, 0.29) is 30.2 Å². The van der Waals surface area contributed by atoms with Crippen molar-refractivity contribution in [1.29, 1.82) is 0 Å². The summed E-state index contributed by atoms with van der Waals surface area (Å²) in [4.78, 5) is 40.3. The Bertz CT molecular complexity index is 1370. The van der Waals surface area contributed by atoms with Gasteiger partial charge in [-0.15, -0.1) is 0 Å². The first-order valence-electron chi connectivity index (χ1n) is 13.2. The monoisotopic (exact) mass is 564 g/mol. The maximum Gasteiger partial charge on any atom is 0.288 e. The highest BCUT2D eigenvalue weighted by atomic mass is 32.2. The zero-order chi connectivity index (χ0) is 29.1. The largest absolute Gasteiger partial charge is 0.497 e. The molecule has 0 aliphatic rings. The van der Waals surface area contributed by atoms with Crippen molar-refractivity contribution in [3.05, 3.63) is 96.1 Å². The van der Waals surface area contributed by atoms with Crippen molar-refractivity contribution in [3.63, 3.8) is 0 Å². The van der Waals surface area contributed by atoms with Crippen LogP contribution in [0.4, 0.5) is 0 Å². The van der Waals surface area contributed by atoms with Gasteiger partial charge in [0.1, 0.15) is 5.75 Å². The smallest absolute Gasteiger partial charge is 0.288 e. The summed E-state index contributed by atoms with van der Waals surface area (Å²) in [6.45, 7) is 3.93. The van der Waals surface area contributed by atoms with Crippen LogP contribution in [-0.2, 0) is 37.2 Å². The van der Waals surface area contributed by atoms with Crippen molar-refractivity contribution in [1.82, 2.24) is 10.0 Å². The minimum absolute atomic E-state index is 0.00763. The Morgan fingerprint density at radius 2 is 1.43 bits per heavy atom. The van der Waals surface area contributed by atoms with Crippen LogP contribution < -0.4 is 14.8 Å².